The van der Waals surface area contributed by atoms with E-state index in [1.54, 1.807) is 24.5 Å². The number of piperidine rings is 1. The topological polar surface area (TPSA) is 83.3 Å². The molecule has 1 aliphatic rings. The molecule has 134 valence electrons. The monoisotopic (exact) mass is 343 g/mol. The highest BCUT2D eigenvalue weighted by atomic mass is 16.3. The molecule has 1 saturated heterocycles. The van der Waals surface area contributed by atoms with Gasteiger partial charge in [0.25, 0.3) is 5.91 Å². The van der Waals surface area contributed by atoms with Crippen molar-refractivity contribution in [3.05, 3.63) is 42.4 Å². The number of pyridine rings is 1. The van der Waals surface area contributed by atoms with Crippen LogP contribution < -0.4 is 5.32 Å². The van der Waals surface area contributed by atoms with E-state index >= 15 is 0 Å². The molecule has 2 aromatic rings. The molecule has 2 N–H and O–H groups in total. The van der Waals surface area contributed by atoms with Gasteiger partial charge < -0.3 is 15.3 Å². The van der Waals surface area contributed by atoms with Crippen LogP contribution in [0, 0.1) is 0 Å². The number of nitrogens with zero attached hydrogens (tertiary/aromatic N) is 4. The van der Waals surface area contributed by atoms with Gasteiger partial charge in [-0.05, 0) is 43.9 Å². The number of rotatable bonds is 7. The predicted octanol–water partition coefficient (Wildman–Crippen LogP) is 1.77. The number of aliphatic hydroxyl groups is 1. The van der Waals surface area contributed by atoms with Crippen molar-refractivity contribution in [2.45, 2.75) is 38.3 Å². The second-order valence-corrected chi connectivity index (χ2v) is 6.29. The summed E-state index contributed by atoms with van der Waals surface area (Å²) in [4.78, 5) is 19.2. The third kappa shape index (κ3) is 4.57. The SMILES string of the molecule is O=C(c1ccc(NCCO)nc1)N1CCCCC1CCn1cccn1. The number of hydrogen-bond donors (Lipinski definition) is 2. The van der Waals surface area contributed by atoms with Crippen LogP contribution in [-0.4, -0.2) is 56.4 Å². The Morgan fingerprint density at radius 1 is 1.36 bits per heavy atom. The summed E-state index contributed by atoms with van der Waals surface area (Å²) in [5.74, 6) is 0.714. The lowest BCUT2D eigenvalue weighted by molar-refractivity contribution is 0.0593. The molecule has 2 aromatic heterocycles. The summed E-state index contributed by atoms with van der Waals surface area (Å²) >= 11 is 0. The molecule has 1 fully saturated rings. The Bertz CT molecular complexity index is 657. The molecular weight excluding hydrogens is 318 g/mol. The first kappa shape index (κ1) is 17.4. The van der Waals surface area contributed by atoms with Crippen molar-refractivity contribution in [2.75, 3.05) is 25.0 Å². The number of hydrogen-bond acceptors (Lipinski definition) is 5. The Morgan fingerprint density at radius 2 is 2.28 bits per heavy atom. The normalized spacial score (nSPS) is 17.5. The summed E-state index contributed by atoms with van der Waals surface area (Å²) in [5.41, 5.74) is 0.612. The molecule has 7 heteroatoms. The highest BCUT2D eigenvalue weighted by molar-refractivity contribution is 5.94. The van der Waals surface area contributed by atoms with E-state index in [4.69, 9.17) is 5.11 Å². The van der Waals surface area contributed by atoms with Gasteiger partial charge in [0.05, 0.1) is 12.2 Å². The first-order valence-electron chi connectivity index (χ1n) is 8.87. The summed E-state index contributed by atoms with van der Waals surface area (Å²) in [6.45, 7) is 2.12. The molecule has 0 saturated carbocycles. The second-order valence-electron chi connectivity index (χ2n) is 6.29. The molecule has 3 rings (SSSR count). The quantitative estimate of drug-likeness (QED) is 0.800. The Kier molecular flexibility index (Phi) is 6.00. The minimum atomic E-state index is 0.0476. The Balaban J connectivity index is 1.63. The minimum Gasteiger partial charge on any atom is -0.395 e. The Morgan fingerprint density at radius 3 is 3.00 bits per heavy atom. The van der Waals surface area contributed by atoms with Gasteiger partial charge in [-0.2, -0.15) is 5.10 Å². The maximum atomic E-state index is 12.9. The van der Waals surface area contributed by atoms with E-state index in [-0.39, 0.29) is 18.6 Å². The molecule has 1 amide bonds. The number of anilines is 1. The molecular formula is C18H25N5O2. The number of carbonyl (C=O) groups excluding carboxylic acids is 1. The van der Waals surface area contributed by atoms with E-state index in [1.807, 2.05) is 21.8 Å². The van der Waals surface area contributed by atoms with Gasteiger partial charge in [-0.3, -0.25) is 9.48 Å². The minimum absolute atomic E-state index is 0.0476. The van der Waals surface area contributed by atoms with E-state index in [9.17, 15) is 4.79 Å². The Hall–Kier alpha value is -2.41. The van der Waals surface area contributed by atoms with Crippen LogP contribution in [0.15, 0.2) is 36.8 Å². The number of aliphatic hydroxyl groups excluding tert-OH is 1. The average Bonchev–Trinajstić information content (AvgIpc) is 3.18. The summed E-state index contributed by atoms with van der Waals surface area (Å²) in [7, 11) is 0. The van der Waals surface area contributed by atoms with Gasteiger partial charge in [0.15, 0.2) is 0 Å². The van der Waals surface area contributed by atoms with Crippen LogP contribution in [0.4, 0.5) is 5.82 Å². The zero-order chi connectivity index (χ0) is 17.5. The van der Waals surface area contributed by atoms with Crippen molar-refractivity contribution in [1.29, 1.82) is 0 Å². The number of likely N-dealkylation sites (tertiary alicyclic amines) is 1. The van der Waals surface area contributed by atoms with Gasteiger partial charge in [-0.25, -0.2) is 4.98 Å². The fourth-order valence-corrected chi connectivity index (χ4v) is 3.26. The molecule has 0 radical (unpaired) electrons. The van der Waals surface area contributed by atoms with Crippen LogP contribution in [0.1, 0.15) is 36.0 Å². The van der Waals surface area contributed by atoms with E-state index in [1.165, 1.54) is 0 Å². The van der Waals surface area contributed by atoms with Crippen LogP contribution in [0.25, 0.3) is 0 Å². The zero-order valence-electron chi connectivity index (χ0n) is 14.3. The highest BCUT2D eigenvalue weighted by Gasteiger charge is 2.27. The van der Waals surface area contributed by atoms with Gasteiger partial charge in [-0.1, -0.05) is 0 Å². The van der Waals surface area contributed by atoms with E-state index < -0.39 is 0 Å². The maximum Gasteiger partial charge on any atom is 0.255 e. The summed E-state index contributed by atoms with van der Waals surface area (Å²) < 4.78 is 1.92. The van der Waals surface area contributed by atoms with Crippen molar-refractivity contribution in [2.24, 2.45) is 0 Å². The molecule has 1 aliphatic heterocycles. The van der Waals surface area contributed by atoms with E-state index in [2.05, 4.69) is 15.4 Å². The van der Waals surface area contributed by atoms with Crippen molar-refractivity contribution in [3.8, 4) is 0 Å². The van der Waals surface area contributed by atoms with Crippen LogP contribution in [0.5, 0.6) is 0 Å². The number of carbonyl (C=O) groups is 1. The van der Waals surface area contributed by atoms with Crippen LogP contribution in [0.2, 0.25) is 0 Å². The maximum absolute atomic E-state index is 12.9. The summed E-state index contributed by atoms with van der Waals surface area (Å²) in [6.07, 6.45) is 9.51. The van der Waals surface area contributed by atoms with Gasteiger partial charge in [-0.15, -0.1) is 0 Å². The number of aryl methyl sites for hydroxylation is 1. The van der Waals surface area contributed by atoms with Crippen molar-refractivity contribution in [3.63, 3.8) is 0 Å². The van der Waals surface area contributed by atoms with Crippen molar-refractivity contribution in [1.82, 2.24) is 19.7 Å². The lowest BCUT2D eigenvalue weighted by Crippen LogP contribution is -2.44. The molecule has 1 unspecified atom stereocenters. The second kappa shape index (κ2) is 8.62. The number of amides is 1. The van der Waals surface area contributed by atoms with Gasteiger partial charge >= 0.3 is 0 Å². The smallest absolute Gasteiger partial charge is 0.255 e. The molecule has 7 nitrogen and oxygen atoms in total. The number of nitrogens with one attached hydrogen (secondary N) is 1. The van der Waals surface area contributed by atoms with Crippen molar-refractivity contribution < 1.29 is 9.90 Å². The van der Waals surface area contributed by atoms with Crippen LogP contribution >= 0.6 is 0 Å². The lowest BCUT2D eigenvalue weighted by Gasteiger charge is -2.36. The van der Waals surface area contributed by atoms with Crippen LogP contribution in [0.3, 0.4) is 0 Å². The first-order valence-corrected chi connectivity index (χ1v) is 8.87. The fourth-order valence-electron chi connectivity index (χ4n) is 3.26. The molecule has 1 atom stereocenters. The standard InChI is InChI=1S/C18H25N5O2/c24-13-9-19-17-6-5-15(14-20-17)18(25)23-11-2-1-4-16(23)7-12-22-10-3-8-21-22/h3,5-6,8,10,14,16,24H,1-2,4,7,9,11-13H2,(H,19,20). The number of aromatic nitrogens is 3. The molecule has 0 aliphatic carbocycles. The predicted molar refractivity (Wildman–Crippen MR) is 95.3 cm³/mol. The largest absolute Gasteiger partial charge is 0.395 e. The zero-order valence-corrected chi connectivity index (χ0v) is 14.3. The van der Waals surface area contributed by atoms with Crippen LogP contribution in [-0.2, 0) is 6.54 Å². The third-order valence-corrected chi connectivity index (χ3v) is 4.57. The first-order chi connectivity index (χ1) is 12.3. The van der Waals surface area contributed by atoms with Gasteiger partial charge in [0, 0.05) is 44.3 Å². The lowest BCUT2D eigenvalue weighted by atomic mass is 9.98. The molecule has 0 aromatic carbocycles. The molecule has 0 spiro atoms. The van der Waals surface area contributed by atoms with Gasteiger partial charge in [0.2, 0.25) is 0 Å². The Labute approximate surface area is 147 Å². The molecule has 0 bridgehead atoms. The van der Waals surface area contributed by atoms with E-state index in [0.29, 0.717) is 17.9 Å². The summed E-state index contributed by atoms with van der Waals surface area (Å²) in [5, 5.41) is 16.1. The van der Waals surface area contributed by atoms with Gasteiger partial charge in [0.1, 0.15) is 5.82 Å². The third-order valence-electron chi connectivity index (χ3n) is 4.57. The van der Waals surface area contributed by atoms with E-state index in [0.717, 1.165) is 38.8 Å². The average molecular weight is 343 g/mol. The highest BCUT2D eigenvalue weighted by Crippen LogP contribution is 2.22. The molecule has 25 heavy (non-hydrogen) atoms. The van der Waals surface area contributed by atoms with Crippen molar-refractivity contribution >= 4 is 11.7 Å². The molecule has 3 heterocycles. The fraction of sp³-hybridized carbons (Fsp3) is 0.500. The summed E-state index contributed by atoms with van der Waals surface area (Å²) in [6, 6.07) is 5.75.